The van der Waals surface area contributed by atoms with E-state index >= 15 is 0 Å². The van der Waals surface area contributed by atoms with Gasteiger partial charge >= 0.3 is 0 Å². The number of hydrogen-bond donors (Lipinski definition) is 0. The van der Waals surface area contributed by atoms with Crippen LogP contribution in [0.3, 0.4) is 0 Å². The fourth-order valence-corrected chi connectivity index (χ4v) is 1.50. The average molecular weight is 162 g/mol. The summed E-state index contributed by atoms with van der Waals surface area (Å²) in [5.74, 6) is 0. The molecule has 0 saturated carbocycles. The molecule has 0 radical (unpaired) electrons. The Kier molecular flexibility index (Phi) is 3.33. The summed E-state index contributed by atoms with van der Waals surface area (Å²) < 4.78 is 0. The van der Waals surface area contributed by atoms with Crippen LogP contribution in [0.15, 0.2) is 35.5 Å². The van der Waals surface area contributed by atoms with Crippen LogP contribution >= 0.6 is 0 Å². The molecule has 1 aliphatic rings. The van der Waals surface area contributed by atoms with Crippen molar-refractivity contribution >= 4 is 0 Å². The van der Waals surface area contributed by atoms with Crippen LogP contribution < -0.4 is 0 Å². The van der Waals surface area contributed by atoms with Crippen molar-refractivity contribution in [3.63, 3.8) is 0 Å². The summed E-state index contributed by atoms with van der Waals surface area (Å²) in [5.41, 5.74) is 4.28. The van der Waals surface area contributed by atoms with E-state index < -0.39 is 0 Å². The molecule has 0 aromatic heterocycles. The molecule has 0 aromatic carbocycles. The molecule has 0 atom stereocenters. The first-order chi connectivity index (χ1) is 5.74. The summed E-state index contributed by atoms with van der Waals surface area (Å²) in [6.07, 6.45) is 9.23. The molecule has 0 aromatic rings. The second-order valence-electron chi connectivity index (χ2n) is 3.56. The third kappa shape index (κ3) is 2.37. The van der Waals surface area contributed by atoms with Gasteiger partial charge in [-0.1, -0.05) is 43.2 Å². The second-order valence-corrected chi connectivity index (χ2v) is 3.56. The first kappa shape index (κ1) is 9.31. The Bertz CT molecular complexity index is 228. The zero-order valence-corrected chi connectivity index (χ0v) is 8.19. The number of allylic oxidation sites excluding steroid dienone is 5. The Morgan fingerprint density at radius 3 is 2.67 bits per heavy atom. The van der Waals surface area contributed by atoms with E-state index in [1.807, 2.05) is 0 Å². The fourth-order valence-electron chi connectivity index (χ4n) is 1.50. The van der Waals surface area contributed by atoms with Crippen molar-refractivity contribution in [2.75, 3.05) is 0 Å². The normalized spacial score (nSPS) is 16.8. The molecule has 0 saturated heterocycles. The van der Waals surface area contributed by atoms with Gasteiger partial charge in [-0.15, -0.1) is 0 Å². The Hall–Kier alpha value is -0.780. The van der Waals surface area contributed by atoms with E-state index in [2.05, 4.69) is 32.6 Å². The molecular formula is C12H18. The van der Waals surface area contributed by atoms with Gasteiger partial charge in [-0.25, -0.2) is 0 Å². The van der Waals surface area contributed by atoms with Crippen LogP contribution in [0, 0.1) is 0 Å². The molecule has 0 N–H and O–H groups in total. The second kappa shape index (κ2) is 4.30. The zero-order valence-electron chi connectivity index (χ0n) is 8.19. The molecule has 1 rings (SSSR count). The van der Waals surface area contributed by atoms with E-state index in [4.69, 9.17) is 0 Å². The van der Waals surface area contributed by atoms with Crippen LogP contribution in [0.5, 0.6) is 0 Å². The van der Waals surface area contributed by atoms with Gasteiger partial charge in [0.1, 0.15) is 0 Å². The van der Waals surface area contributed by atoms with Crippen LogP contribution in [0.25, 0.3) is 0 Å². The highest BCUT2D eigenvalue weighted by Crippen LogP contribution is 2.24. The molecule has 0 aliphatic heterocycles. The van der Waals surface area contributed by atoms with Crippen molar-refractivity contribution in [2.45, 2.75) is 39.5 Å². The van der Waals surface area contributed by atoms with Crippen molar-refractivity contribution in [1.29, 1.82) is 0 Å². The smallest absolute Gasteiger partial charge is 0.0239 e. The van der Waals surface area contributed by atoms with E-state index in [1.54, 1.807) is 0 Å². The lowest BCUT2D eigenvalue weighted by atomic mass is 9.93. The van der Waals surface area contributed by atoms with Gasteiger partial charge in [-0.05, 0) is 31.8 Å². The zero-order chi connectivity index (χ0) is 8.97. The summed E-state index contributed by atoms with van der Waals surface area (Å²) >= 11 is 0. The van der Waals surface area contributed by atoms with Crippen LogP contribution in [-0.2, 0) is 0 Å². The standard InChI is InChI=1S/C12H18/c1-4-5-11(3)12-8-6-10(2)7-9-12/h6,8H,3-5,7,9H2,1-2H3. The molecule has 0 nitrogen and oxygen atoms in total. The van der Waals surface area contributed by atoms with Gasteiger partial charge in [0.2, 0.25) is 0 Å². The molecule has 66 valence electrons. The van der Waals surface area contributed by atoms with Crippen LogP contribution in [-0.4, -0.2) is 0 Å². The summed E-state index contributed by atoms with van der Waals surface area (Å²) in [7, 11) is 0. The van der Waals surface area contributed by atoms with Gasteiger partial charge in [0, 0.05) is 0 Å². The van der Waals surface area contributed by atoms with Gasteiger partial charge in [0.05, 0.1) is 0 Å². The van der Waals surface area contributed by atoms with E-state index in [-0.39, 0.29) is 0 Å². The van der Waals surface area contributed by atoms with Crippen LogP contribution in [0.4, 0.5) is 0 Å². The van der Waals surface area contributed by atoms with Gasteiger partial charge in [0.15, 0.2) is 0 Å². The summed E-state index contributed by atoms with van der Waals surface area (Å²) in [6.45, 7) is 8.49. The van der Waals surface area contributed by atoms with E-state index in [1.165, 1.54) is 36.0 Å². The highest BCUT2D eigenvalue weighted by atomic mass is 14.1. The monoisotopic (exact) mass is 162 g/mol. The molecule has 12 heavy (non-hydrogen) atoms. The molecule has 0 bridgehead atoms. The molecular weight excluding hydrogens is 144 g/mol. The minimum absolute atomic E-state index is 1.15. The fraction of sp³-hybridized carbons (Fsp3) is 0.500. The molecule has 0 heteroatoms. The Morgan fingerprint density at radius 1 is 1.42 bits per heavy atom. The van der Waals surface area contributed by atoms with Crippen molar-refractivity contribution in [3.8, 4) is 0 Å². The Balaban J connectivity index is 2.59. The maximum Gasteiger partial charge on any atom is -0.0239 e. The van der Waals surface area contributed by atoms with Crippen molar-refractivity contribution in [1.82, 2.24) is 0 Å². The third-order valence-corrected chi connectivity index (χ3v) is 2.36. The lowest BCUT2D eigenvalue weighted by molar-refractivity contribution is 0.855. The number of rotatable bonds is 3. The van der Waals surface area contributed by atoms with Crippen LogP contribution in [0.2, 0.25) is 0 Å². The van der Waals surface area contributed by atoms with Crippen molar-refractivity contribution in [3.05, 3.63) is 35.5 Å². The largest absolute Gasteiger partial charge is 0.0956 e. The minimum atomic E-state index is 1.15. The van der Waals surface area contributed by atoms with Gasteiger partial charge in [-0.3, -0.25) is 0 Å². The number of hydrogen-bond acceptors (Lipinski definition) is 0. The first-order valence-corrected chi connectivity index (χ1v) is 4.78. The predicted octanol–water partition coefficient (Wildman–Crippen LogP) is 4.01. The van der Waals surface area contributed by atoms with E-state index in [0.29, 0.717) is 0 Å². The van der Waals surface area contributed by atoms with Gasteiger partial charge < -0.3 is 0 Å². The van der Waals surface area contributed by atoms with Crippen LogP contribution in [0.1, 0.15) is 39.5 Å². The highest BCUT2D eigenvalue weighted by molar-refractivity contribution is 5.35. The summed E-state index contributed by atoms with van der Waals surface area (Å²) in [4.78, 5) is 0. The van der Waals surface area contributed by atoms with E-state index in [9.17, 15) is 0 Å². The Morgan fingerprint density at radius 2 is 2.17 bits per heavy atom. The lowest BCUT2D eigenvalue weighted by Gasteiger charge is -2.13. The molecule has 1 aliphatic carbocycles. The maximum absolute atomic E-state index is 4.10. The highest BCUT2D eigenvalue weighted by Gasteiger charge is 2.05. The molecule has 0 spiro atoms. The molecule has 0 heterocycles. The van der Waals surface area contributed by atoms with Gasteiger partial charge in [0.25, 0.3) is 0 Å². The van der Waals surface area contributed by atoms with Gasteiger partial charge in [-0.2, -0.15) is 0 Å². The van der Waals surface area contributed by atoms with Crippen molar-refractivity contribution in [2.24, 2.45) is 0 Å². The summed E-state index contributed by atoms with van der Waals surface area (Å²) in [5, 5.41) is 0. The minimum Gasteiger partial charge on any atom is -0.0956 e. The van der Waals surface area contributed by atoms with Crippen molar-refractivity contribution < 1.29 is 0 Å². The maximum atomic E-state index is 4.10. The quantitative estimate of drug-likeness (QED) is 0.588. The predicted molar refractivity (Wildman–Crippen MR) is 55.1 cm³/mol. The first-order valence-electron chi connectivity index (χ1n) is 4.78. The lowest BCUT2D eigenvalue weighted by Crippen LogP contribution is -1.94. The SMILES string of the molecule is C=C(CCC)C1=CC=C(C)CC1. The average Bonchev–Trinajstić information content (AvgIpc) is 2.06. The molecule has 0 fully saturated rings. The van der Waals surface area contributed by atoms with E-state index in [0.717, 1.165) is 6.42 Å². The topological polar surface area (TPSA) is 0 Å². The Labute approximate surface area is 75.7 Å². The summed E-state index contributed by atoms with van der Waals surface area (Å²) in [6, 6.07) is 0. The third-order valence-electron chi connectivity index (χ3n) is 2.36. The molecule has 0 amide bonds. The molecule has 0 unspecified atom stereocenters.